The van der Waals surface area contributed by atoms with E-state index in [1.807, 2.05) is 6.92 Å². The lowest BCUT2D eigenvalue weighted by molar-refractivity contribution is -0.384. The molecule has 132 valence electrons. The van der Waals surface area contributed by atoms with Crippen molar-refractivity contribution >= 4 is 11.4 Å². The fraction of sp³-hybridized carbons (Fsp3) is 0.647. The van der Waals surface area contributed by atoms with Gasteiger partial charge in [-0.2, -0.15) is 0 Å². The summed E-state index contributed by atoms with van der Waals surface area (Å²) in [7, 11) is 2.99. The second kappa shape index (κ2) is 6.47. The minimum absolute atomic E-state index is 0.00184. The van der Waals surface area contributed by atoms with E-state index in [9.17, 15) is 10.1 Å². The number of nitrogens with zero attached hydrogens (tertiary/aromatic N) is 1. The zero-order valence-corrected chi connectivity index (χ0v) is 14.3. The Morgan fingerprint density at radius 1 is 1.29 bits per heavy atom. The first-order chi connectivity index (χ1) is 11.6. The van der Waals surface area contributed by atoms with Crippen molar-refractivity contribution in [3.05, 3.63) is 22.2 Å². The highest BCUT2D eigenvalue weighted by Crippen LogP contribution is 2.58. The van der Waals surface area contributed by atoms with Crippen LogP contribution in [0, 0.1) is 15.5 Å². The molecule has 0 radical (unpaired) electrons. The molecule has 1 aromatic carbocycles. The van der Waals surface area contributed by atoms with Gasteiger partial charge in [-0.25, -0.2) is 0 Å². The van der Waals surface area contributed by atoms with Crippen LogP contribution in [0.5, 0.6) is 11.5 Å². The number of anilines is 1. The highest BCUT2D eigenvalue weighted by atomic mass is 16.6. The van der Waals surface area contributed by atoms with Crippen LogP contribution < -0.4 is 14.8 Å². The van der Waals surface area contributed by atoms with Gasteiger partial charge in [0.1, 0.15) is 5.69 Å². The Bertz CT molecular complexity index is 630. The smallest absolute Gasteiger partial charge is 0.296 e. The summed E-state index contributed by atoms with van der Waals surface area (Å²) in [6.45, 7) is 2.71. The first-order valence-electron chi connectivity index (χ1n) is 8.34. The van der Waals surface area contributed by atoms with Crippen molar-refractivity contribution in [1.29, 1.82) is 0 Å². The lowest BCUT2D eigenvalue weighted by Crippen LogP contribution is -2.64. The van der Waals surface area contributed by atoms with Crippen molar-refractivity contribution in [2.45, 2.75) is 44.8 Å². The maximum Gasteiger partial charge on any atom is 0.296 e. The lowest BCUT2D eigenvalue weighted by atomic mass is 9.51. The normalized spacial score (nSPS) is 24.0. The molecular formula is C17H24N2O5. The van der Waals surface area contributed by atoms with Crippen LogP contribution in [0.15, 0.2) is 12.1 Å². The van der Waals surface area contributed by atoms with Crippen LogP contribution in [-0.2, 0) is 4.74 Å². The molecular weight excluding hydrogens is 312 g/mol. The molecule has 24 heavy (non-hydrogen) atoms. The van der Waals surface area contributed by atoms with E-state index in [4.69, 9.17) is 14.2 Å². The molecule has 2 saturated carbocycles. The number of ether oxygens (including phenoxy) is 3. The van der Waals surface area contributed by atoms with Crippen molar-refractivity contribution in [2.24, 2.45) is 5.41 Å². The molecule has 0 bridgehead atoms. The van der Waals surface area contributed by atoms with Crippen molar-refractivity contribution < 1.29 is 19.1 Å². The Kier molecular flexibility index (Phi) is 4.54. The summed E-state index contributed by atoms with van der Waals surface area (Å²) in [5.41, 5.74) is 0.600. The SMILES string of the molecule is CCO[C@@H]1C[C@H](Nc2cc(OC)c(OC)cc2[N+](=O)[O-])C12CCC2. The largest absolute Gasteiger partial charge is 0.493 e. The summed E-state index contributed by atoms with van der Waals surface area (Å²) >= 11 is 0. The number of nitro benzene ring substituents is 1. The van der Waals surface area contributed by atoms with E-state index in [0.717, 1.165) is 19.3 Å². The maximum atomic E-state index is 11.4. The highest BCUT2D eigenvalue weighted by molar-refractivity contribution is 5.69. The van der Waals surface area contributed by atoms with Gasteiger partial charge in [-0.15, -0.1) is 0 Å². The van der Waals surface area contributed by atoms with Gasteiger partial charge in [-0.1, -0.05) is 6.42 Å². The van der Waals surface area contributed by atoms with E-state index in [1.54, 1.807) is 6.07 Å². The van der Waals surface area contributed by atoms with E-state index in [2.05, 4.69) is 5.32 Å². The second-order valence-corrected chi connectivity index (χ2v) is 6.44. The van der Waals surface area contributed by atoms with Gasteiger partial charge in [0, 0.05) is 24.1 Å². The highest BCUT2D eigenvalue weighted by Gasteiger charge is 2.59. The maximum absolute atomic E-state index is 11.4. The van der Waals surface area contributed by atoms with E-state index >= 15 is 0 Å². The third kappa shape index (κ3) is 2.56. The minimum Gasteiger partial charge on any atom is -0.493 e. The molecule has 2 aliphatic rings. The molecule has 1 spiro atoms. The van der Waals surface area contributed by atoms with Crippen molar-refractivity contribution in [1.82, 2.24) is 0 Å². The predicted molar refractivity (Wildman–Crippen MR) is 89.9 cm³/mol. The van der Waals surface area contributed by atoms with Gasteiger partial charge in [0.25, 0.3) is 5.69 Å². The third-order valence-corrected chi connectivity index (χ3v) is 5.47. The van der Waals surface area contributed by atoms with Crippen molar-refractivity contribution in [3.63, 3.8) is 0 Å². The molecule has 2 aliphatic carbocycles. The van der Waals surface area contributed by atoms with Gasteiger partial charge >= 0.3 is 0 Å². The molecule has 2 fully saturated rings. The zero-order valence-electron chi connectivity index (χ0n) is 14.3. The first kappa shape index (κ1) is 16.8. The number of benzene rings is 1. The van der Waals surface area contributed by atoms with Crippen molar-refractivity contribution in [3.8, 4) is 11.5 Å². The number of rotatable bonds is 7. The van der Waals surface area contributed by atoms with E-state index in [0.29, 0.717) is 23.8 Å². The van der Waals surface area contributed by atoms with E-state index < -0.39 is 4.92 Å². The zero-order chi connectivity index (χ0) is 17.3. The number of hydrogen-bond donors (Lipinski definition) is 1. The summed E-state index contributed by atoms with van der Waals surface area (Å²) in [6.07, 6.45) is 4.54. The lowest BCUT2D eigenvalue weighted by Gasteiger charge is -2.61. The van der Waals surface area contributed by atoms with Crippen LogP contribution in [0.25, 0.3) is 0 Å². The first-order valence-corrected chi connectivity index (χ1v) is 8.34. The van der Waals surface area contributed by atoms with Gasteiger partial charge in [-0.05, 0) is 26.2 Å². The third-order valence-electron chi connectivity index (χ3n) is 5.47. The Labute approximate surface area is 141 Å². The molecule has 1 N–H and O–H groups in total. The molecule has 0 unspecified atom stereocenters. The quantitative estimate of drug-likeness (QED) is 0.607. The van der Waals surface area contributed by atoms with Crippen LogP contribution in [0.4, 0.5) is 11.4 Å². The van der Waals surface area contributed by atoms with Gasteiger partial charge in [0.05, 0.1) is 31.3 Å². The number of nitrogens with one attached hydrogen (secondary N) is 1. The van der Waals surface area contributed by atoms with E-state index in [-0.39, 0.29) is 23.2 Å². The summed E-state index contributed by atoms with van der Waals surface area (Å²) < 4.78 is 16.3. The molecule has 3 rings (SSSR count). The molecule has 0 aliphatic heterocycles. The van der Waals surface area contributed by atoms with Crippen LogP contribution >= 0.6 is 0 Å². The second-order valence-electron chi connectivity index (χ2n) is 6.44. The average Bonchev–Trinajstić information content (AvgIpc) is 2.51. The Balaban J connectivity index is 1.86. The van der Waals surface area contributed by atoms with Gasteiger partial charge < -0.3 is 19.5 Å². The van der Waals surface area contributed by atoms with Crippen molar-refractivity contribution in [2.75, 3.05) is 26.1 Å². The Morgan fingerprint density at radius 3 is 2.46 bits per heavy atom. The monoisotopic (exact) mass is 336 g/mol. The number of nitro groups is 1. The predicted octanol–water partition coefficient (Wildman–Crippen LogP) is 3.37. The Morgan fingerprint density at radius 2 is 1.96 bits per heavy atom. The molecule has 2 atom stereocenters. The topological polar surface area (TPSA) is 82.9 Å². The van der Waals surface area contributed by atoms with Crippen LogP contribution in [0.2, 0.25) is 0 Å². The molecule has 0 amide bonds. The average molecular weight is 336 g/mol. The number of methoxy groups -OCH3 is 2. The van der Waals surface area contributed by atoms with Gasteiger partial charge in [-0.3, -0.25) is 10.1 Å². The van der Waals surface area contributed by atoms with Crippen LogP contribution in [0.1, 0.15) is 32.6 Å². The summed E-state index contributed by atoms with van der Waals surface area (Å²) in [5, 5.41) is 14.8. The van der Waals surface area contributed by atoms with E-state index in [1.165, 1.54) is 26.7 Å². The molecule has 1 aromatic rings. The number of hydrogen-bond acceptors (Lipinski definition) is 6. The summed E-state index contributed by atoms with van der Waals surface area (Å²) in [5.74, 6) is 0.836. The summed E-state index contributed by atoms with van der Waals surface area (Å²) in [6, 6.07) is 3.25. The van der Waals surface area contributed by atoms with Crippen LogP contribution in [-0.4, -0.2) is 37.9 Å². The minimum atomic E-state index is -0.392. The Hall–Kier alpha value is -2.02. The fourth-order valence-corrected chi connectivity index (χ4v) is 3.96. The summed E-state index contributed by atoms with van der Waals surface area (Å²) in [4.78, 5) is 11.0. The molecule has 0 heterocycles. The van der Waals surface area contributed by atoms with Gasteiger partial charge in [0.2, 0.25) is 0 Å². The van der Waals surface area contributed by atoms with Crippen LogP contribution in [0.3, 0.4) is 0 Å². The molecule has 7 heteroatoms. The van der Waals surface area contributed by atoms with Gasteiger partial charge in [0.15, 0.2) is 11.5 Å². The fourth-order valence-electron chi connectivity index (χ4n) is 3.96. The molecule has 7 nitrogen and oxygen atoms in total. The standard InChI is InChI=1S/C17H24N2O5/c1-4-24-16-10-15(17(16)6-5-7-17)18-11-8-13(22-2)14(23-3)9-12(11)19(20)21/h8-9,15-16,18H,4-7,10H2,1-3H3/t15-,16+/m0/s1. The molecule has 0 saturated heterocycles. The molecule has 0 aromatic heterocycles.